The predicted octanol–water partition coefficient (Wildman–Crippen LogP) is 2.86. The molecule has 2 N–H and O–H groups in total. The minimum Gasteiger partial charge on any atom is -0.348 e. The van der Waals surface area contributed by atoms with E-state index >= 15 is 0 Å². The number of aromatic amines is 1. The molecule has 4 rings (SSSR count). The number of carbonyl (C=O) groups is 1. The molecule has 0 saturated heterocycles. The van der Waals surface area contributed by atoms with E-state index in [4.69, 9.17) is 0 Å². The van der Waals surface area contributed by atoms with Crippen molar-refractivity contribution in [1.82, 2.24) is 19.9 Å². The van der Waals surface area contributed by atoms with Crippen molar-refractivity contribution >= 4 is 16.8 Å². The molecule has 2 aromatic heterocycles. The predicted molar refractivity (Wildman–Crippen MR) is 89.5 cm³/mol. The number of nitrogens with zero attached hydrogens (tertiary/aromatic N) is 2. The maximum absolute atomic E-state index is 12.8. The van der Waals surface area contributed by atoms with E-state index in [1.54, 1.807) is 6.33 Å². The lowest BCUT2D eigenvalue weighted by molar-refractivity contribution is 0.0951. The third-order valence-electron chi connectivity index (χ3n) is 4.83. The van der Waals surface area contributed by atoms with Gasteiger partial charge in [0, 0.05) is 23.3 Å². The number of amides is 1. The van der Waals surface area contributed by atoms with Gasteiger partial charge in [-0.05, 0) is 32.3 Å². The Kier molecular flexibility index (Phi) is 3.22. The van der Waals surface area contributed by atoms with Crippen LogP contribution in [0.4, 0.5) is 0 Å². The Morgan fingerprint density at radius 3 is 3.04 bits per heavy atom. The van der Waals surface area contributed by atoms with Gasteiger partial charge in [-0.2, -0.15) is 0 Å². The highest BCUT2D eigenvalue weighted by molar-refractivity contribution is 6.09. The molecule has 0 radical (unpaired) electrons. The van der Waals surface area contributed by atoms with Crippen LogP contribution in [0.5, 0.6) is 0 Å². The Bertz CT molecular complexity index is 903. The van der Waals surface area contributed by atoms with Crippen LogP contribution in [0, 0.1) is 13.8 Å². The number of imidazole rings is 1. The van der Waals surface area contributed by atoms with Gasteiger partial charge in [-0.15, -0.1) is 0 Å². The first kappa shape index (κ1) is 14.1. The molecule has 3 aromatic rings. The van der Waals surface area contributed by atoms with Crippen LogP contribution in [0.25, 0.3) is 10.9 Å². The Balaban J connectivity index is 1.72. The van der Waals surface area contributed by atoms with E-state index in [9.17, 15) is 4.79 Å². The van der Waals surface area contributed by atoms with Gasteiger partial charge in [0.15, 0.2) is 0 Å². The molecule has 0 unspecified atom stereocenters. The van der Waals surface area contributed by atoms with Gasteiger partial charge < -0.3 is 14.9 Å². The van der Waals surface area contributed by atoms with Crippen molar-refractivity contribution in [3.8, 4) is 0 Å². The van der Waals surface area contributed by atoms with E-state index in [0.717, 1.165) is 47.4 Å². The normalized spacial score (nSPS) is 13.5. The Morgan fingerprint density at radius 2 is 2.26 bits per heavy atom. The Morgan fingerprint density at radius 1 is 1.39 bits per heavy atom. The fraction of sp³-hybridized carbons (Fsp3) is 0.333. The van der Waals surface area contributed by atoms with Gasteiger partial charge >= 0.3 is 0 Å². The summed E-state index contributed by atoms with van der Waals surface area (Å²) >= 11 is 0. The van der Waals surface area contributed by atoms with Crippen molar-refractivity contribution in [2.24, 2.45) is 0 Å². The van der Waals surface area contributed by atoms with Gasteiger partial charge in [-0.1, -0.05) is 18.2 Å². The fourth-order valence-electron chi connectivity index (χ4n) is 3.62. The maximum atomic E-state index is 12.8. The molecule has 5 heteroatoms. The molecule has 1 aliphatic rings. The molecule has 0 spiro atoms. The molecule has 23 heavy (non-hydrogen) atoms. The van der Waals surface area contributed by atoms with Crippen molar-refractivity contribution in [3.63, 3.8) is 0 Å². The summed E-state index contributed by atoms with van der Waals surface area (Å²) in [5.74, 6) is -0.0206. The van der Waals surface area contributed by atoms with Crippen molar-refractivity contribution in [2.75, 3.05) is 0 Å². The summed E-state index contributed by atoms with van der Waals surface area (Å²) < 4.78 is 2.29. The standard InChI is InChI=1S/C18H20N4O/c1-11-15(21-10-20-11)9-19-18(23)16-12(2)22-8-4-6-13-5-3-7-14(16)17(13)22/h3,5,7,10H,4,6,8-9H2,1-2H3,(H,19,23)(H,20,21). The van der Waals surface area contributed by atoms with Crippen LogP contribution in [0.15, 0.2) is 24.5 Å². The number of H-pyrrole nitrogens is 1. The number of hydrogen-bond acceptors (Lipinski definition) is 2. The molecule has 5 nitrogen and oxygen atoms in total. The summed E-state index contributed by atoms with van der Waals surface area (Å²) in [4.78, 5) is 20.1. The van der Waals surface area contributed by atoms with Crippen LogP contribution in [0.2, 0.25) is 0 Å². The zero-order chi connectivity index (χ0) is 16.0. The molecule has 0 bridgehead atoms. The lowest BCUT2D eigenvalue weighted by atomic mass is 10.0. The first-order chi connectivity index (χ1) is 11.2. The Hall–Kier alpha value is -2.56. The van der Waals surface area contributed by atoms with E-state index in [0.29, 0.717) is 6.54 Å². The molecule has 3 heterocycles. The number of nitrogens with one attached hydrogen (secondary N) is 2. The van der Waals surface area contributed by atoms with E-state index in [1.165, 1.54) is 11.1 Å². The van der Waals surface area contributed by atoms with Gasteiger partial charge in [0.1, 0.15) is 0 Å². The number of aryl methyl sites for hydroxylation is 3. The van der Waals surface area contributed by atoms with Gasteiger partial charge in [0.25, 0.3) is 5.91 Å². The summed E-state index contributed by atoms with van der Waals surface area (Å²) in [7, 11) is 0. The lowest BCUT2D eigenvalue weighted by Gasteiger charge is -2.16. The summed E-state index contributed by atoms with van der Waals surface area (Å²) in [5, 5.41) is 4.08. The second-order valence-corrected chi connectivity index (χ2v) is 6.19. The smallest absolute Gasteiger partial charge is 0.254 e. The monoisotopic (exact) mass is 308 g/mol. The minimum atomic E-state index is -0.0206. The molecular formula is C18H20N4O. The van der Waals surface area contributed by atoms with E-state index in [1.807, 2.05) is 13.8 Å². The van der Waals surface area contributed by atoms with Crippen LogP contribution in [0.3, 0.4) is 0 Å². The van der Waals surface area contributed by atoms with Crippen molar-refractivity contribution < 1.29 is 4.79 Å². The maximum Gasteiger partial charge on any atom is 0.254 e. The second kappa shape index (κ2) is 5.26. The average molecular weight is 308 g/mol. The third-order valence-corrected chi connectivity index (χ3v) is 4.83. The van der Waals surface area contributed by atoms with Gasteiger partial charge in [-0.3, -0.25) is 4.79 Å². The molecule has 1 aromatic carbocycles. The molecule has 0 fully saturated rings. The largest absolute Gasteiger partial charge is 0.348 e. The number of rotatable bonds is 3. The minimum absolute atomic E-state index is 0.0206. The number of para-hydroxylation sites is 1. The highest BCUT2D eigenvalue weighted by atomic mass is 16.1. The quantitative estimate of drug-likeness (QED) is 0.781. The van der Waals surface area contributed by atoms with E-state index in [2.05, 4.69) is 38.1 Å². The summed E-state index contributed by atoms with van der Waals surface area (Å²) in [6.45, 7) is 5.44. The van der Waals surface area contributed by atoms with Gasteiger partial charge in [-0.25, -0.2) is 4.98 Å². The molecule has 118 valence electrons. The first-order valence-electron chi connectivity index (χ1n) is 8.04. The number of aromatic nitrogens is 3. The number of benzene rings is 1. The van der Waals surface area contributed by atoms with Crippen LogP contribution in [-0.2, 0) is 19.5 Å². The summed E-state index contributed by atoms with van der Waals surface area (Å²) in [6.07, 6.45) is 3.88. The molecule has 1 amide bonds. The molecule has 1 aliphatic heterocycles. The SMILES string of the molecule is Cc1[nH]cnc1CNC(=O)c1c(C)n2c3c(cccc13)CCC2. The zero-order valence-electron chi connectivity index (χ0n) is 13.4. The topological polar surface area (TPSA) is 62.7 Å². The van der Waals surface area contributed by atoms with E-state index < -0.39 is 0 Å². The Labute approximate surface area is 134 Å². The average Bonchev–Trinajstić information content (AvgIpc) is 3.09. The highest BCUT2D eigenvalue weighted by Gasteiger charge is 2.23. The summed E-state index contributed by atoms with van der Waals surface area (Å²) in [5.41, 5.74) is 6.31. The third kappa shape index (κ3) is 2.15. The van der Waals surface area contributed by atoms with Crippen molar-refractivity contribution in [1.29, 1.82) is 0 Å². The van der Waals surface area contributed by atoms with E-state index in [-0.39, 0.29) is 5.91 Å². The molecule has 0 aliphatic carbocycles. The van der Waals surface area contributed by atoms with Crippen molar-refractivity contribution in [3.05, 3.63) is 52.7 Å². The van der Waals surface area contributed by atoms with Crippen molar-refractivity contribution in [2.45, 2.75) is 39.8 Å². The molecule has 0 saturated carbocycles. The molecule has 0 atom stereocenters. The van der Waals surface area contributed by atoms with Gasteiger partial charge in [0.05, 0.1) is 29.6 Å². The zero-order valence-corrected chi connectivity index (χ0v) is 13.4. The lowest BCUT2D eigenvalue weighted by Crippen LogP contribution is -2.24. The van der Waals surface area contributed by atoms with Crippen LogP contribution < -0.4 is 5.32 Å². The summed E-state index contributed by atoms with van der Waals surface area (Å²) in [6, 6.07) is 6.29. The van der Waals surface area contributed by atoms with Crippen LogP contribution in [0.1, 0.15) is 39.4 Å². The first-order valence-corrected chi connectivity index (χ1v) is 8.04. The number of carbonyl (C=O) groups excluding carboxylic acids is 1. The molecular weight excluding hydrogens is 288 g/mol. The number of hydrogen-bond donors (Lipinski definition) is 2. The van der Waals surface area contributed by atoms with Crippen LogP contribution >= 0.6 is 0 Å². The highest BCUT2D eigenvalue weighted by Crippen LogP contribution is 2.32. The van der Waals surface area contributed by atoms with Gasteiger partial charge in [0.2, 0.25) is 0 Å². The second-order valence-electron chi connectivity index (χ2n) is 6.19. The fourth-order valence-corrected chi connectivity index (χ4v) is 3.62. The van der Waals surface area contributed by atoms with Crippen LogP contribution in [-0.4, -0.2) is 20.4 Å².